The molecule has 0 amide bonds. The molecule has 0 fully saturated rings. The Morgan fingerprint density at radius 3 is 1.65 bits per heavy atom. The number of benzene rings is 2. The van der Waals surface area contributed by atoms with Crippen molar-refractivity contribution in [1.29, 1.82) is 0 Å². The van der Waals surface area contributed by atoms with Crippen molar-refractivity contribution in [3.05, 3.63) is 83.4 Å². The predicted molar refractivity (Wildman–Crippen MR) is 103 cm³/mol. The molecule has 31 heavy (non-hydrogen) atoms. The number of hydrogen-bond donors (Lipinski definition) is 6. The molecule has 0 bridgehead atoms. The highest BCUT2D eigenvalue weighted by molar-refractivity contribution is 5.88. The summed E-state index contributed by atoms with van der Waals surface area (Å²) < 4.78 is 12.6. The molecule has 0 saturated heterocycles. The van der Waals surface area contributed by atoms with E-state index >= 15 is 0 Å². The maximum atomic E-state index is 12.6. The minimum Gasteiger partial charge on any atom is -0.508 e. The van der Waals surface area contributed by atoms with Gasteiger partial charge in [-0.1, -0.05) is 0 Å². The lowest BCUT2D eigenvalue weighted by Gasteiger charge is -1.96. The Labute approximate surface area is 173 Å². The predicted octanol–water partition coefficient (Wildman–Crippen LogP) is 2.81. The molecular formula is C20H16FNO9. The Hall–Kier alpha value is -4.67. The zero-order chi connectivity index (χ0) is 23.6. The zero-order valence-corrected chi connectivity index (χ0v) is 15.5. The molecule has 3 aromatic rings. The van der Waals surface area contributed by atoms with Crippen LogP contribution in [-0.2, 0) is 0 Å². The lowest BCUT2D eigenvalue weighted by molar-refractivity contribution is 0.0680. The molecule has 0 unspecified atom stereocenters. The quantitative estimate of drug-likeness (QED) is 0.359. The van der Waals surface area contributed by atoms with Gasteiger partial charge in [0.15, 0.2) is 0 Å². The molecule has 6 N–H and O–H groups in total. The number of nitrogens with zero attached hydrogens (tertiary/aromatic N) is 1. The van der Waals surface area contributed by atoms with Crippen molar-refractivity contribution in [1.82, 2.24) is 4.98 Å². The first-order chi connectivity index (χ1) is 14.5. The molecular weight excluding hydrogens is 417 g/mol. The number of aromatic carboxylic acids is 3. The summed E-state index contributed by atoms with van der Waals surface area (Å²) in [6.07, 6.45) is 1.09. The molecule has 0 atom stereocenters. The van der Waals surface area contributed by atoms with E-state index in [2.05, 4.69) is 4.98 Å². The number of hydrogen-bond acceptors (Lipinski definition) is 7. The summed E-state index contributed by atoms with van der Waals surface area (Å²) in [6, 6.07) is 10.7. The Morgan fingerprint density at radius 1 is 0.677 bits per heavy atom. The first kappa shape index (κ1) is 24.4. The van der Waals surface area contributed by atoms with Gasteiger partial charge in [0.1, 0.15) is 28.8 Å². The highest BCUT2D eigenvalue weighted by Gasteiger charge is 2.09. The van der Waals surface area contributed by atoms with Crippen molar-refractivity contribution >= 4 is 17.9 Å². The summed E-state index contributed by atoms with van der Waals surface area (Å²) in [4.78, 5) is 34.0. The standard InChI is InChI=1S/C7H5FO3.C7H6O3.C6H5NO3/c8-6-3-4(9)1-2-5(6)7(10)11;8-6-3-1-5(2-4-6)7(9)10;8-4-1-2-5(6(9)10)7-3-4/h1-3,9H,(H,10,11);1-4,8H,(H,9,10);1-3,8H,(H,9,10). The highest BCUT2D eigenvalue weighted by atomic mass is 19.1. The molecule has 162 valence electrons. The lowest BCUT2D eigenvalue weighted by atomic mass is 10.2. The Bertz CT molecular complexity index is 996. The molecule has 0 aliphatic carbocycles. The largest absolute Gasteiger partial charge is 0.508 e. The summed E-state index contributed by atoms with van der Waals surface area (Å²) >= 11 is 0. The number of rotatable bonds is 3. The van der Waals surface area contributed by atoms with Crippen molar-refractivity contribution < 1.29 is 49.4 Å². The molecule has 0 saturated carbocycles. The van der Waals surface area contributed by atoms with E-state index < -0.39 is 29.3 Å². The summed E-state index contributed by atoms with van der Waals surface area (Å²) in [7, 11) is 0. The van der Waals surface area contributed by atoms with Crippen LogP contribution >= 0.6 is 0 Å². The number of phenolic OH excluding ortho intramolecular Hbond substituents is 2. The summed E-state index contributed by atoms with van der Waals surface area (Å²) in [5.41, 5.74) is -0.335. The van der Waals surface area contributed by atoms with Crippen LogP contribution in [0.5, 0.6) is 17.2 Å². The fourth-order valence-corrected chi connectivity index (χ4v) is 1.79. The number of aromatic nitrogens is 1. The van der Waals surface area contributed by atoms with Gasteiger partial charge in [-0.15, -0.1) is 0 Å². The van der Waals surface area contributed by atoms with Crippen LogP contribution in [0.1, 0.15) is 31.2 Å². The molecule has 1 aromatic heterocycles. The number of halogens is 1. The van der Waals surface area contributed by atoms with E-state index in [1.54, 1.807) is 0 Å². The van der Waals surface area contributed by atoms with Crippen LogP contribution < -0.4 is 0 Å². The maximum Gasteiger partial charge on any atom is 0.354 e. The number of carboxylic acids is 3. The van der Waals surface area contributed by atoms with Crippen molar-refractivity contribution in [2.24, 2.45) is 0 Å². The normalized spacial score (nSPS) is 9.32. The average molecular weight is 433 g/mol. The van der Waals surface area contributed by atoms with Crippen LogP contribution in [0.4, 0.5) is 4.39 Å². The van der Waals surface area contributed by atoms with Crippen LogP contribution in [0.3, 0.4) is 0 Å². The van der Waals surface area contributed by atoms with E-state index in [1.807, 2.05) is 0 Å². The van der Waals surface area contributed by atoms with Gasteiger partial charge in [-0.05, 0) is 48.5 Å². The van der Waals surface area contributed by atoms with Gasteiger partial charge in [0.05, 0.1) is 17.3 Å². The van der Waals surface area contributed by atoms with E-state index in [-0.39, 0.29) is 28.5 Å². The molecule has 1 heterocycles. The summed E-state index contributed by atoms with van der Waals surface area (Å²) in [5, 5.41) is 51.2. The van der Waals surface area contributed by atoms with Gasteiger partial charge in [0.2, 0.25) is 0 Å². The monoisotopic (exact) mass is 433 g/mol. The maximum absolute atomic E-state index is 12.6. The number of carbonyl (C=O) groups is 3. The highest BCUT2D eigenvalue weighted by Crippen LogP contribution is 2.14. The van der Waals surface area contributed by atoms with Gasteiger partial charge in [-0.25, -0.2) is 23.8 Å². The molecule has 3 rings (SSSR count). The molecule has 0 aliphatic heterocycles. The third-order valence-corrected chi connectivity index (χ3v) is 3.26. The van der Waals surface area contributed by atoms with Gasteiger partial charge in [0, 0.05) is 6.07 Å². The summed E-state index contributed by atoms with van der Waals surface area (Å²) in [6.45, 7) is 0. The van der Waals surface area contributed by atoms with Crippen molar-refractivity contribution in [2.75, 3.05) is 0 Å². The zero-order valence-electron chi connectivity index (χ0n) is 15.5. The molecule has 2 aromatic carbocycles. The molecule has 0 spiro atoms. The van der Waals surface area contributed by atoms with Crippen LogP contribution in [-0.4, -0.2) is 53.5 Å². The van der Waals surface area contributed by atoms with Crippen molar-refractivity contribution in [2.45, 2.75) is 0 Å². The van der Waals surface area contributed by atoms with Gasteiger partial charge in [-0.3, -0.25) is 0 Å². The van der Waals surface area contributed by atoms with E-state index in [4.69, 9.17) is 30.6 Å². The molecule has 0 aliphatic rings. The number of aromatic hydroxyl groups is 3. The van der Waals surface area contributed by atoms with Gasteiger partial charge in [0.25, 0.3) is 0 Å². The molecule has 0 radical (unpaired) electrons. The Morgan fingerprint density at radius 2 is 1.23 bits per heavy atom. The van der Waals surface area contributed by atoms with Crippen LogP contribution in [0.15, 0.2) is 60.8 Å². The van der Waals surface area contributed by atoms with Gasteiger partial charge in [-0.2, -0.15) is 0 Å². The van der Waals surface area contributed by atoms with Crippen LogP contribution in [0, 0.1) is 5.82 Å². The fourth-order valence-electron chi connectivity index (χ4n) is 1.79. The van der Waals surface area contributed by atoms with E-state index in [0.29, 0.717) is 0 Å². The number of carboxylic acid groups (broad SMARTS) is 3. The smallest absolute Gasteiger partial charge is 0.354 e. The number of phenols is 2. The molecule has 10 nitrogen and oxygen atoms in total. The van der Waals surface area contributed by atoms with Gasteiger partial charge >= 0.3 is 17.9 Å². The van der Waals surface area contributed by atoms with E-state index in [9.17, 15) is 18.8 Å². The van der Waals surface area contributed by atoms with Crippen LogP contribution in [0.25, 0.3) is 0 Å². The molecule has 11 heteroatoms. The second kappa shape index (κ2) is 11.4. The van der Waals surface area contributed by atoms with Crippen LogP contribution in [0.2, 0.25) is 0 Å². The second-order valence-electron chi connectivity index (χ2n) is 5.53. The summed E-state index contributed by atoms with van der Waals surface area (Å²) in [5.74, 6) is -4.61. The minimum absolute atomic E-state index is 0.0370. The second-order valence-corrected chi connectivity index (χ2v) is 5.53. The average Bonchev–Trinajstić information content (AvgIpc) is 2.69. The van der Waals surface area contributed by atoms with Crippen molar-refractivity contribution in [3.63, 3.8) is 0 Å². The van der Waals surface area contributed by atoms with Crippen molar-refractivity contribution in [3.8, 4) is 17.2 Å². The fraction of sp³-hybridized carbons (Fsp3) is 0. The first-order valence-corrected chi connectivity index (χ1v) is 8.13. The van der Waals surface area contributed by atoms with E-state index in [0.717, 1.165) is 24.4 Å². The Balaban J connectivity index is 0.000000233. The third-order valence-electron chi connectivity index (χ3n) is 3.26. The topological polar surface area (TPSA) is 185 Å². The SMILES string of the molecule is O=C(O)c1ccc(O)cc1.O=C(O)c1ccc(O)cc1F.O=C(O)c1ccc(O)cn1. The lowest BCUT2D eigenvalue weighted by Crippen LogP contribution is -1.99. The number of pyridine rings is 1. The Kier molecular flexibility index (Phi) is 8.93. The first-order valence-electron chi connectivity index (χ1n) is 8.13. The third kappa shape index (κ3) is 8.48. The van der Waals surface area contributed by atoms with E-state index in [1.165, 1.54) is 36.4 Å². The van der Waals surface area contributed by atoms with Gasteiger partial charge < -0.3 is 30.6 Å². The minimum atomic E-state index is -1.34.